The van der Waals surface area contributed by atoms with E-state index in [0.717, 1.165) is 0 Å². The maximum absolute atomic E-state index is 13.5. The number of carboxylic acids is 1. The normalized spacial score (nSPS) is 23.2. The Hall–Kier alpha value is -2.95. The molecule has 5 nitrogen and oxygen atoms in total. The van der Waals surface area contributed by atoms with Gasteiger partial charge in [0.15, 0.2) is 5.70 Å². The monoisotopic (exact) mass is 362 g/mol. The highest BCUT2D eigenvalue weighted by Crippen LogP contribution is 2.46. The van der Waals surface area contributed by atoms with Crippen molar-refractivity contribution in [2.75, 3.05) is 0 Å². The average molecular weight is 362 g/mol. The molecule has 134 valence electrons. The number of alkyl halides is 3. The Bertz CT molecular complexity index is 894. The summed E-state index contributed by atoms with van der Waals surface area (Å²) in [6.45, 7) is 0. The van der Waals surface area contributed by atoms with E-state index in [2.05, 4.69) is 4.99 Å². The fourth-order valence-electron chi connectivity index (χ4n) is 3.57. The van der Waals surface area contributed by atoms with Crippen LogP contribution in [0.15, 0.2) is 40.5 Å². The van der Waals surface area contributed by atoms with E-state index < -0.39 is 35.3 Å². The molecule has 0 bridgehead atoms. The lowest BCUT2D eigenvalue weighted by atomic mass is 9.69. The molecule has 3 rings (SSSR count). The van der Waals surface area contributed by atoms with Crippen LogP contribution in [0, 0.1) is 17.2 Å². The van der Waals surface area contributed by atoms with Gasteiger partial charge in [-0.1, -0.05) is 12.1 Å². The van der Waals surface area contributed by atoms with Crippen LogP contribution in [-0.2, 0) is 9.59 Å². The summed E-state index contributed by atoms with van der Waals surface area (Å²) >= 11 is 0. The number of allylic oxidation sites excluding steroid dienone is 1. The minimum absolute atomic E-state index is 0.0611. The fourth-order valence-corrected chi connectivity index (χ4v) is 3.57. The molecule has 0 amide bonds. The molecule has 1 aliphatic carbocycles. The SMILES string of the molecule is N#Cc1cccc(C2C(C(=O)O)=C(C(F)(F)F)N=C3CCCC(=O)C32)c1. The van der Waals surface area contributed by atoms with Gasteiger partial charge < -0.3 is 5.11 Å². The molecule has 0 spiro atoms. The summed E-state index contributed by atoms with van der Waals surface area (Å²) in [7, 11) is 0. The molecule has 1 aromatic rings. The number of fused-ring (bicyclic) bond motifs is 1. The minimum Gasteiger partial charge on any atom is -0.478 e. The first-order valence-electron chi connectivity index (χ1n) is 7.89. The summed E-state index contributed by atoms with van der Waals surface area (Å²) in [5.41, 5.74) is -2.00. The Morgan fingerprint density at radius 1 is 1.27 bits per heavy atom. The van der Waals surface area contributed by atoms with Crippen molar-refractivity contribution in [3.8, 4) is 6.07 Å². The highest BCUT2D eigenvalue weighted by atomic mass is 19.4. The number of aliphatic imine (C=N–C) groups is 1. The van der Waals surface area contributed by atoms with E-state index in [1.165, 1.54) is 24.3 Å². The minimum atomic E-state index is -4.96. The number of ketones is 1. The van der Waals surface area contributed by atoms with Crippen LogP contribution in [0.3, 0.4) is 0 Å². The topological polar surface area (TPSA) is 90.5 Å². The Labute approximate surface area is 146 Å². The number of hydrogen-bond donors (Lipinski definition) is 1. The molecule has 0 saturated heterocycles. The number of Topliss-reactive ketones (excluding diaryl/α,β-unsaturated/α-hetero) is 1. The van der Waals surface area contributed by atoms with Crippen molar-refractivity contribution < 1.29 is 27.9 Å². The van der Waals surface area contributed by atoms with E-state index in [0.29, 0.717) is 6.42 Å². The highest BCUT2D eigenvalue weighted by molar-refractivity contribution is 6.11. The second-order valence-electron chi connectivity index (χ2n) is 6.18. The zero-order valence-corrected chi connectivity index (χ0v) is 13.4. The van der Waals surface area contributed by atoms with Crippen molar-refractivity contribution in [2.24, 2.45) is 10.9 Å². The third-order valence-corrected chi connectivity index (χ3v) is 4.59. The van der Waals surface area contributed by atoms with Crippen LogP contribution in [0.2, 0.25) is 0 Å². The Morgan fingerprint density at radius 2 is 2.00 bits per heavy atom. The van der Waals surface area contributed by atoms with Crippen LogP contribution in [-0.4, -0.2) is 28.7 Å². The van der Waals surface area contributed by atoms with Gasteiger partial charge in [0.1, 0.15) is 5.78 Å². The molecule has 1 N–H and O–H groups in total. The number of halogens is 3. The van der Waals surface area contributed by atoms with E-state index in [9.17, 15) is 27.9 Å². The first-order valence-corrected chi connectivity index (χ1v) is 7.89. The van der Waals surface area contributed by atoms with Crippen molar-refractivity contribution >= 4 is 17.5 Å². The van der Waals surface area contributed by atoms with E-state index in [-0.39, 0.29) is 35.5 Å². The van der Waals surface area contributed by atoms with Gasteiger partial charge in [-0.25, -0.2) is 4.79 Å². The van der Waals surface area contributed by atoms with Gasteiger partial charge in [0.2, 0.25) is 0 Å². The molecule has 1 fully saturated rings. The van der Waals surface area contributed by atoms with Gasteiger partial charge in [0.25, 0.3) is 0 Å². The maximum Gasteiger partial charge on any atom is 0.433 e. The molecule has 2 atom stereocenters. The predicted octanol–water partition coefficient (Wildman–Crippen LogP) is 3.37. The van der Waals surface area contributed by atoms with Crippen molar-refractivity contribution in [3.63, 3.8) is 0 Å². The molecule has 1 heterocycles. The van der Waals surface area contributed by atoms with Gasteiger partial charge in [-0.15, -0.1) is 0 Å². The number of nitrogens with zero attached hydrogens (tertiary/aromatic N) is 2. The number of carbonyl (C=O) groups excluding carboxylic acids is 1. The Balaban J connectivity index is 2.30. The van der Waals surface area contributed by atoms with E-state index in [4.69, 9.17) is 5.26 Å². The summed E-state index contributed by atoms with van der Waals surface area (Å²) in [6, 6.07) is 7.55. The van der Waals surface area contributed by atoms with Crippen molar-refractivity contribution in [1.29, 1.82) is 5.26 Å². The number of carboxylic acid groups (broad SMARTS) is 1. The summed E-state index contributed by atoms with van der Waals surface area (Å²) in [5, 5.41) is 18.6. The fraction of sp³-hybridized carbons (Fsp3) is 0.333. The van der Waals surface area contributed by atoms with Crippen LogP contribution >= 0.6 is 0 Å². The summed E-state index contributed by atoms with van der Waals surface area (Å²) in [5.74, 6) is -4.47. The number of aliphatic carboxylic acids is 1. The Kier molecular flexibility index (Phi) is 4.40. The Morgan fingerprint density at radius 3 is 2.62 bits per heavy atom. The standard InChI is InChI=1S/C18H13F3N2O3/c19-18(20,21)16-15(17(25)26)13(10-4-1-3-9(7-10)8-22)14-11(23-16)5-2-6-12(14)24/h1,3-4,7,13-14H,2,5-6H2,(H,25,26). The summed E-state index contributed by atoms with van der Waals surface area (Å²) < 4.78 is 40.4. The van der Waals surface area contributed by atoms with Crippen LogP contribution in [0.5, 0.6) is 0 Å². The van der Waals surface area contributed by atoms with E-state index >= 15 is 0 Å². The van der Waals surface area contributed by atoms with E-state index in [1.807, 2.05) is 6.07 Å². The first-order chi connectivity index (χ1) is 12.2. The van der Waals surface area contributed by atoms with Gasteiger partial charge in [-0.3, -0.25) is 9.79 Å². The lowest BCUT2D eigenvalue weighted by Crippen LogP contribution is -2.40. The quantitative estimate of drug-likeness (QED) is 0.873. The molecule has 1 aliphatic heterocycles. The molecule has 2 unspecified atom stereocenters. The van der Waals surface area contributed by atoms with Crippen molar-refractivity contribution in [3.05, 3.63) is 46.7 Å². The third-order valence-electron chi connectivity index (χ3n) is 4.59. The predicted molar refractivity (Wildman–Crippen MR) is 84.4 cm³/mol. The smallest absolute Gasteiger partial charge is 0.433 e. The van der Waals surface area contributed by atoms with Gasteiger partial charge >= 0.3 is 12.1 Å². The highest BCUT2D eigenvalue weighted by Gasteiger charge is 2.50. The van der Waals surface area contributed by atoms with E-state index in [1.54, 1.807) is 0 Å². The largest absolute Gasteiger partial charge is 0.478 e. The first kappa shape index (κ1) is 17.9. The second-order valence-corrected chi connectivity index (χ2v) is 6.18. The molecule has 1 aromatic carbocycles. The number of nitriles is 1. The van der Waals surface area contributed by atoms with Crippen LogP contribution in [0.25, 0.3) is 0 Å². The molecule has 0 aromatic heterocycles. The van der Waals surface area contributed by atoms with Crippen molar-refractivity contribution in [2.45, 2.75) is 31.4 Å². The lowest BCUT2D eigenvalue weighted by Gasteiger charge is -2.35. The molecule has 26 heavy (non-hydrogen) atoms. The van der Waals surface area contributed by atoms with Gasteiger partial charge in [-0.05, 0) is 30.5 Å². The third kappa shape index (κ3) is 3.01. The van der Waals surface area contributed by atoms with Gasteiger partial charge in [0, 0.05) is 18.1 Å². The maximum atomic E-state index is 13.5. The summed E-state index contributed by atoms with van der Waals surface area (Å²) in [4.78, 5) is 27.7. The number of carbonyl (C=O) groups is 2. The number of rotatable bonds is 2. The summed E-state index contributed by atoms with van der Waals surface area (Å²) in [6.07, 6.45) is -4.21. The zero-order valence-electron chi connectivity index (χ0n) is 13.4. The molecule has 2 aliphatic rings. The molecular formula is C18H13F3N2O3. The average Bonchev–Trinajstić information content (AvgIpc) is 2.59. The number of hydrogen-bond acceptors (Lipinski definition) is 4. The second kappa shape index (κ2) is 6.41. The molecular weight excluding hydrogens is 349 g/mol. The van der Waals surface area contributed by atoms with Crippen LogP contribution in [0.1, 0.15) is 36.3 Å². The molecule has 0 radical (unpaired) electrons. The van der Waals surface area contributed by atoms with Gasteiger partial charge in [0.05, 0.1) is 23.1 Å². The lowest BCUT2D eigenvalue weighted by molar-refractivity contribution is -0.135. The van der Waals surface area contributed by atoms with Crippen LogP contribution in [0.4, 0.5) is 13.2 Å². The number of benzene rings is 1. The zero-order chi connectivity index (χ0) is 19.1. The molecule has 8 heteroatoms. The van der Waals surface area contributed by atoms with Crippen LogP contribution < -0.4 is 0 Å². The van der Waals surface area contributed by atoms with Crippen molar-refractivity contribution in [1.82, 2.24) is 0 Å². The van der Waals surface area contributed by atoms with Gasteiger partial charge in [-0.2, -0.15) is 18.4 Å². The molecule has 1 saturated carbocycles.